The lowest BCUT2D eigenvalue weighted by Gasteiger charge is -2.36. The summed E-state index contributed by atoms with van der Waals surface area (Å²) >= 11 is 0. The molecule has 2 N–H and O–H groups in total. The van der Waals surface area contributed by atoms with Gasteiger partial charge in [0.15, 0.2) is 0 Å². The number of rotatable bonds is 2. The zero-order chi connectivity index (χ0) is 9.19. The standard InChI is InChI=1S/C9H19FN2/c1-9(10,7-11)8-4-3-5-12(2)6-8/h8H,3-7,11H2,1-2H3. The summed E-state index contributed by atoms with van der Waals surface area (Å²) in [5.41, 5.74) is 4.22. The van der Waals surface area contributed by atoms with Gasteiger partial charge in [0.05, 0.1) is 0 Å². The van der Waals surface area contributed by atoms with Crippen molar-refractivity contribution in [3.8, 4) is 0 Å². The molecular weight excluding hydrogens is 155 g/mol. The van der Waals surface area contributed by atoms with E-state index in [4.69, 9.17) is 5.73 Å². The van der Waals surface area contributed by atoms with Crippen LogP contribution in [-0.2, 0) is 0 Å². The Balaban J connectivity index is 2.50. The highest BCUT2D eigenvalue weighted by Gasteiger charge is 2.34. The van der Waals surface area contributed by atoms with Gasteiger partial charge in [-0.05, 0) is 33.4 Å². The van der Waals surface area contributed by atoms with Crippen LogP contribution in [0.25, 0.3) is 0 Å². The highest BCUT2D eigenvalue weighted by molar-refractivity contribution is 4.87. The smallest absolute Gasteiger partial charge is 0.124 e. The van der Waals surface area contributed by atoms with Crippen LogP contribution in [0, 0.1) is 5.92 Å². The summed E-state index contributed by atoms with van der Waals surface area (Å²) < 4.78 is 13.7. The Morgan fingerprint density at radius 3 is 2.83 bits per heavy atom. The van der Waals surface area contributed by atoms with Crippen molar-refractivity contribution in [2.75, 3.05) is 26.7 Å². The molecule has 2 nitrogen and oxygen atoms in total. The monoisotopic (exact) mass is 174 g/mol. The summed E-state index contributed by atoms with van der Waals surface area (Å²) in [6, 6.07) is 0. The van der Waals surface area contributed by atoms with Crippen molar-refractivity contribution in [2.45, 2.75) is 25.4 Å². The van der Waals surface area contributed by atoms with Gasteiger partial charge in [0, 0.05) is 19.0 Å². The van der Waals surface area contributed by atoms with Gasteiger partial charge in [0.1, 0.15) is 5.67 Å². The van der Waals surface area contributed by atoms with Crippen LogP contribution in [0.1, 0.15) is 19.8 Å². The fraction of sp³-hybridized carbons (Fsp3) is 1.00. The molecule has 12 heavy (non-hydrogen) atoms. The molecule has 1 heterocycles. The maximum Gasteiger partial charge on any atom is 0.124 e. The first kappa shape index (κ1) is 9.93. The summed E-state index contributed by atoms with van der Waals surface area (Å²) in [7, 11) is 2.04. The van der Waals surface area contributed by atoms with Gasteiger partial charge in [0.25, 0.3) is 0 Å². The summed E-state index contributed by atoms with van der Waals surface area (Å²) in [5.74, 6) is 0.126. The molecule has 72 valence electrons. The Kier molecular flexibility index (Phi) is 3.07. The molecule has 2 unspecified atom stereocenters. The molecule has 0 aromatic carbocycles. The van der Waals surface area contributed by atoms with Crippen molar-refractivity contribution >= 4 is 0 Å². The zero-order valence-corrected chi connectivity index (χ0v) is 8.02. The molecule has 1 aliphatic heterocycles. The Hall–Kier alpha value is -0.150. The lowest BCUT2D eigenvalue weighted by Crippen LogP contribution is -2.46. The van der Waals surface area contributed by atoms with Crippen LogP contribution in [0.4, 0.5) is 4.39 Å². The van der Waals surface area contributed by atoms with Crippen molar-refractivity contribution < 1.29 is 4.39 Å². The molecule has 0 amide bonds. The lowest BCUT2D eigenvalue weighted by molar-refractivity contribution is 0.0549. The van der Waals surface area contributed by atoms with Gasteiger partial charge in [0.2, 0.25) is 0 Å². The predicted molar refractivity (Wildman–Crippen MR) is 48.8 cm³/mol. The van der Waals surface area contributed by atoms with Crippen molar-refractivity contribution in [3.63, 3.8) is 0 Å². The summed E-state index contributed by atoms with van der Waals surface area (Å²) in [6.45, 7) is 3.71. The first-order chi connectivity index (χ1) is 5.56. The van der Waals surface area contributed by atoms with Crippen LogP contribution in [0.5, 0.6) is 0 Å². The molecular formula is C9H19FN2. The van der Waals surface area contributed by atoms with Crippen LogP contribution in [0.15, 0.2) is 0 Å². The molecule has 3 heteroatoms. The summed E-state index contributed by atoms with van der Waals surface area (Å²) in [6.07, 6.45) is 2.08. The van der Waals surface area contributed by atoms with Crippen molar-refractivity contribution in [1.29, 1.82) is 0 Å². The van der Waals surface area contributed by atoms with Crippen LogP contribution in [-0.4, -0.2) is 37.3 Å². The van der Waals surface area contributed by atoms with E-state index >= 15 is 0 Å². The SMILES string of the molecule is CN1CCCC(C(C)(F)CN)C1. The van der Waals surface area contributed by atoms with Gasteiger partial charge in [-0.1, -0.05) is 0 Å². The number of alkyl halides is 1. The molecule has 1 saturated heterocycles. The van der Waals surface area contributed by atoms with E-state index in [1.54, 1.807) is 6.92 Å². The van der Waals surface area contributed by atoms with Gasteiger partial charge < -0.3 is 10.6 Å². The third kappa shape index (κ3) is 2.17. The highest BCUT2D eigenvalue weighted by Crippen LogP contribution is 2.28. The Bertz CT molecular complexity index is 147. The van der Waals surface area contributed by atoms with Crippen LogP contribution in [0.2, 0.25) is 0 Å². The number of nitrogens with two attached hydrogens (primary N) is 1. The molecule has 0 saturated carbocycles. The van der Waals surface area contributed by atoms with E-state index in [0.29, 0.717) is 0 Å². The molecule has 0 bridgehead atoms. The molecule has 0 aliphatic carbocycles. The first-order valence-corrected chi connectivity index (χ1v) is 4.64. The minimum Gasteiger partial charge on any atom is -0.328 e. The normalized spacial score (nSPS) is 31.5. The second-order valence-corrected chi connectivity index (χ2v) is 4.08. The van der Waals surface area contributed by atoms with Crippen LogP contribution >= 0.6 is 0 Å². The Labute approximate surface area is 73.9 Å². The van der Waals surface area contributed by atoms with E-state index in [1.807, 2.05) is 7.05 Å². The molecule has 0 aromatic heterocycles. The van der Waals surface area contributed by atoms with Crippen molar-refractivity contribution in [3.05, 3.63) is 0 Å². The third-order valence-corrected chi connectivity index (χ3v) is 2.87. The second kappa shape index (κ2) is 3.71. The number of hydrogen-bond acceptors (Lipinski definition) is 2. The van der Waals surface area contributed by atoms with Crippen LogP contribution in [0.3, 0.4) is 0 Å². The zero-order valence-electron chi connectivity index (χ0n) is 8.02. The largest absolute Gasteiger partial charge is 0.328 e. The van der Waals surface area contributed by atoms with Crippen molar-refractivity contribution in [2.24, 2.45) is 11.7 Å². The Morgan fingerprint density at radius 2 is 2.33 bits per heavy atom. The van der Waals surface area contributed by atoms with Gasteiger partial charge in [-0.15, -0.1) is 0 Å². The van der Waals surface area contributed by atoms with Crippen LogP contribution < -0.4 is 5.73 Å². The quantitative estimate of drug-likeness (QED) is 0.677. The van der Waals surface area contributed by atoms with E-state index in [1.165, 1.54) is 0 Å². The molecule has 1 aliphatic rings. The molecule has 1 rings (SSSR count). The number of piperidine rings is 1. The van der Waals surface area contributed by atoms with E-state index in [2.05, 4.69) is 4.90 Å². The number of likely N-dealkylation sites (tertiary alicyclic amines) is 1. The Morgan fingerprint density at radius 1 is 1.67 bits per heavy atom. The van der Waals surface area contributed by atoms with Gasteiger partial charge in [-0.25, -0.2) is 4.39 Å². The topological polar surface area (TPSA) is 29.3 Å². The lowest BCUT2D eigenvalue weighted by atomic mass is 9.84. The van der Waals surface area contributed by atoms with E-state index < -0.39 is 5.67 Å². The highest BCUT2D eigenvalue weighted by atomic mass is 19.1. The first-order valence-electron chi connectivity index (χ1n) is 4.64. The summed E-state index contributed by atoms with van der Waals surface area (Å²) in [4.78, 5) is 2.18. The van der Waals surface area contributed by atoms with Gasteiger partial charge >= 0.3 is 0 Å². The number of nitrogens with zero attached hydrogens (tertiary/aromatic N) is 1. The third-order valence-electron chi connectivity index (χ3n) is 2.87. The van der Waals surface area contributed by atoms with Crippen molar-refractivity contribution in [1.82, 2.24) is 4.90 Å². The molecule has 2 atom stereocenters. The molecule has 1 fully saturated rings. The van der Waals surface area contributed by atoms with Gasteiger partial charge in [-0.2, -0.15) is 0 Å². The number of hydrogen-bond donors (Lipinski definition) is 1. The van der Waals surface area contributed by atoms with Gasteiger partial charge in [-0.3, -0.25) is 0 Å². The van der Waals surface area contributed by atoms with E-state index in [9.17, 15) is 4.39 Å². The maximum absolute atomic E-state index is 13.7. The minimum absolute atomic E-state index is 0.126. The summed E-state index contributed by atoms with van der Waals surface area (Å²) in [5, 5.41) is 0. The maximum atomic E-state index is 13.7. The predicted octanol–water partition coefficient (Wildman–Crippen LogP) is 1.02. The average molecular weight is 174 g/mol. The minimum atomic E-state index is -1.17. The van der Waals surface area contributed by atoms with E-state index in [0.717, 1.165) is 25.9 Å². The molecule has 0 aromatic rings. The average Bonchev–Trinajstić information content (AvgIpc) is 2.05. The van der Waals surface area contributed by atoms with E-state index in [-0.39, 0.29) is 12.5 Å². The fourth-order valence-electron chi connectivity index (χ4n) is 1.82. The second-order valence-electron chi connectivity index (χ2n) is 4.08. The molecule has 0 spiro atoms. The molecule has 0 radical (unpaired) electrons. The fourth-order valence-corrected chi connectivity index (χ4v) is 1.82. The number of halogens is 1.